The average molecular weight is 533 g/mol. The minimum Gasteiger partial charge on any atom is -0.507 e. The van der Waals surface area contributed by atoms with E-state index in [1.807, 2.05) is 79.7 Å². The molecule has 39 heavy (non-hydrogen) atoms. The second-order valence-electron chi connectivity index (χ2n) is 9.64. The molecule has 0 aliphatic heterocycles. The van der Waals surface area contributed by atoms with Gasteiger partial charge in [-0.25, -0.2) is 12.7 Å². The van der Waals surface area contributed by atoms with Gasteiger partial charge in [0.1, 0.15) is 5.75 Å². The number of para-hydroxylation sites is 1. The summed E-state index contributed by atoms with van der Waals surface area (Å²) in [6.45, 7) is 4.02. The van der Waals surface area contributed by atoms with E-state index in [9.17, 15) is 13.5 Å². The van der Waals surface area contributed by atoms with Crippen LogP contribution in [0.3, 0.4) is 0 Å². The van der Waals surface area contributed by atoms with Crippen molar-refractivity contribution in [2.75, 3.05) is 4.31 Å². The molecule has 0 bridgehead atoms. The quantitative estimate of drug-likeness (QED) is 0.228. The van der Waals surface area contributed by atoms with E-state index >= 15 is 0 Å². The monoisotopic (exact) mass is 532 g/mol. The van der Waals surface area contributed by atoms with Gasteiger partial charge in [-0.05, 0) is 43.2 Å². The minimum absolute atomic E-state index is 0.0949. The van der Waals surface area contributed by atoms with Gasteiger partial charge in [0.05, 0.1) is 27.5 Å². The van der Waals surface area contributed by atoms with Crippen LogP contribution < -0.4 is 4.31 Å². The van der Waals surface area contributed by atoms with Gasteiger partial charge in [-0.15, -0.1) is 0 Å². The number of nitrogens with zero attached hydrogens (tertiary/aromatic N) is 1. The van der Waals surface area contributed by atoms with E-state index in [0.717, 1.165) is 34.0 Å². The molecule has 0 radical (unpaired) electrons. The molecule has 0 amide bonds. The van der Waals surface area contributed by atoms with Crippen LogP contribution >= 0.6 is 0 Å². The molecular weight excluding hydrogens is 504 g/mol. The molecular formula is C33H28N2O3S. The first-order valence-electron chi connectivity index (χ1n) is 12.9. The molecule has 1 aromatic heterocycles. The Morgan fingerprint density at radius 1 is 0.744 bits per heavy atom. The number of rotatable bonds is 6. The van der Waals surface area contributed by atoms with Crippen molar-refractivity contribution in [3.8, 4) is 17.0 Å². The summed E-state index contributed by atoms with van der Waals surface area (Å²) in [5, 5.41) is 12.7. The lowest BCUT2D eigenvalue weighted by Crippen LogP contribution is -2.27. The van der Waals surface area contributed by atoms with Gasteiger partial charge in [-0.3, -0.25) is 0 Å². The van der Waals surface area contributed by atoms with Crippen molar-refractivity contribution in [3.63, 3.8) is 0 Å². The third-order valence-corrected chi connectivity index (χ3v) is 8.92. The van der Waals surface area contributed by atoms with Crippen molar-refractivity contribution < 1.29 is 13.5 Å². The largest absolute Gasteiger partial charge is 0.507 e. The zero-order chi connectivity index (χ0) is 27.1. The Morgan fingerprint density at radius 2 is 1.41 bits per heavy atom. The van der Waals surface area contributed by atoms with Crippen LogP contribution in [0.4, 0.5) is 11.4 Å². The number of benzene rings is 5. The molecule has 0 aliphatic carbocycles. The van der Waals surface area contributed by atoms with Crippen LogP contribution in [0.15, 0.2) is 114 Å². The van der Waals surface area contributed by atoms with Crippen LogP contribution in [0.25, 0.3) is 32.9 Å². The van der Waals surface area contributed by atoms with Crippen LogP contribution in [0.2, 0.25) is 0 Å². The number of H-pyrrole nitrogens is 1. The molecule has 2 N–H and O–H groups in total. The molecule has 0 atom stereocenters. The SMILES string of the molecule is CCc1cccc2c(N(c3ccc(O)c4ccccc34)S(=O)(=O)c3ccc(C)cc3)c(-c3ccccc3)[nH]c12. The number of sulfonamides is 1. The molecule has 6 heteroatoms. The lowest BCUT2D eigenvalue weighted by Gasteiger charge is -2.27. The van der Waals surface area contributed by atoms with Gasteiger partial charge in [0.25, 0.3) is 10.0 Å². The van der Waals surface area contributed by atoms with Crippen LogP contribution in [0.1, 0.15) is 18.1 Å². The van der Waals surface area contributed by atoms with E-state index in [2.05, 4.69) is 18.0 Å². The van der Waals surface area contributed by atoms with Crippen molar-refractivity contribution in [3.05, 3.63) is 120 Å². The average Bonchev–Trinajstić information content (AvgIpc) is 3.34. The van der Waals surface area contributed by atoms with Gasteiger partial charge in [0, 0.05) is 21.7 Å². The topological polar surface area (TPSA) is 73.4 Å². The number of phenolic OH excluding ortho intramolecular Hbond substituents is 1. The van der Waals surface area contributed by atoms with Gasteiger partial charge >= 0.3 is 0 Å². The Hall–Kier alpha value is -4.55. The standard InChI is InChI=1S/C33H28N2O3S/c1-3-23-12-9-15-28-31(23)34-32(24-10-5-4-6-11-24)33(28)35(39(37,38)25-18-16-22(2)17-19-25)29-20-21-30(36)27-14-8-7-13-26(27)29/h4-21,34,36H,3H2,1-2H3. The summed E-state index contributed by atoms with van der Waals surface area (Å²) in [4.78, 5) is 3.77. The molecule has 5 nitrogen and oxygen atoms in total. The third kappa shape index (κ3) is 4.14. The highest BCUT2D eigenvalue weighted by Gasteiger charge is 2.33. The Morgan fingerprint density at radius 3 is 2.13 bits per heavy atom. The van der Waals surface area contributed by atoms with E-state index in [1.54, 1.807) is 30.3 Å². The molecule has 0 saturated carbocycles. The Labute approximate surface area is 228 Å². The van der Waals surface area contributed by atoms with E-state index < -0.39 is 10.0 Å². The molecule has 1 heterocycles. The zero-order valence-corrected chi connectivity index (χ0v) is 22.5. The van der Waals surface area contributed by atoms with E-state index in [1.165, 1.54) is 4.31 Å². The number of aromatic nitrogens is 1. The summed E-state index contributed by atoms with van der Waals surface area (Å²) in [6, 6.07) is 33.3. The van der Waals surface area contributed by atoms with Gasteiger partial charge in [-0.1, -0.05) is 97.4 Å². The third-order valence-electron chi connectivity index (χ3n) is 7.20. The highest BCUT2D eigenvalue weighted by atomic mass is 32.2. The highest BCUT2D eigenvalue weighted by molar-refractivity contribution is 7.93. The van der Waals surface area contributed by atoms with Gasteiger partial charge < -0.3 is 10.1 Å². The summed E-state index contributed by atoms with van der Waals surface area (Å²) in [5.41, 5.74) is 5.56. The first-order chi connectivity index (χ1) is 18.9. The molecule has 0 fully saturated rings. The number of nitrogens with one attached hydrogen (secondary N) is 1. The van der Waals surface area contributed by atoms with Crippen molar-refractivity contribution in [2.45, 2.75) is 25.2 Å². The molecule has 0 spiro atoms. The van der Waals surface area contributed by atoms with E-state index in [4.69, 9.17) is 0 Å². The zero-order valence-electron chi connectivity index (χ0n) is 21.7. The summed E-state index contributed by atoms with van der Waals surface area (Å²) in [7, 11) is -4.11. The normalized spacial score (nSPS) is 11.7. The molecule has 6 rings (SSSR count). The lowest BCUT2D eigenvalue weighted by atomic mass is 10.0. The van der Waals surface area contributed by atoms with Crippen LogP contribution in [-0.2, 0) is 16.4 Å². The number of phenols is 1. The second kappa shape index (κ2) is 9.64. The summed E-state index contributed by atoms with van der Waals surface area (Å²) in [6.07, 6.45) is 0.790. The molecule has 5 aromatic carbocycles. The Bertz CT molecular complexity index is 1930. The number of aryl methyl sites for hydroxylation is 2. The highest BCUT2D eigenvalue weighted by Crippen LogP contribution is 2.47. The maximum Gasteiger partial charge on any atom is 0.268 e. The molecule has 0 aliphatic rings. The number of fused-ring (bicyclic) bond motifs is 2. The smallest absolute Gasteiger partial charge is 0.268 e. The first kappa shape index (κ1) is 24.8. The molecule has 6 aromatic rings. The molecule has 0 unspecified atom stereocenters. The van der Waals surface area contributed by atoms with Crippen LogP contribution in [0, 0.1) is 6.92 Å². The summed E-state index contributed by atoms with van der Waals surface area (Å²) < 4.78 is 30.8. The number of hydrogen-bond donors (Lipinski definition) is 2. The summed E-state index contributed by atoms with van der Waals surface area (Å²) >= 11 is 0. The van der Waals surface area contributed by atoms with Gasteiger partial charge in [-0.2, -0.15) is 0 Å². The fourth-order valence-electron chi connectivity index (χ4n) is 5.21. The maximum atomic E-state index is 14.7. The number of anilines is 2. The lowest BCUT2D eigenvalue weighted by molar-refractivity contribution is 0.481. The molecule has 194 valence electrons. The van der Waals surface area contributed by atoms with Gasteiger partial charge in [0.2, 0.25) is 0 Å². The van der Waals surface area contributed by atoms with Crippen molar-refractivity contribution in [1.82, 2.24) is 4.98 Å². The Balaban J connectivity index is 1.77. The fourth-order valence-corrected chi connectivity index (χ4v) is 6.75. The first-order valence-corrected chi connectivity index (χ1v) is 14.4. The van der Waals surface area contributed by atoms with Crippen LogP contribution in [-0.4, -0.2) is 18.5 Å². The maximum absolute atomic E-state index is 14.7. The second-order valence-corrected chi connectivity index (χ2v) is 11.4. The van der Waals surface area contributed by atoms with Crippen molar-refractivity contribution >= 4 is 43.1 Å². The molecule has 0 saturated heterocycles. The van der Waals surface area contributed by atoms with Crippen molar-refractivity contribution in [2.24, 2.45) is 0 Å². The number of aromatic amines is 1. The van der Waals surface area contributed by atoms with Gasteiger partial charge in [0.15, 0.2) is 0 Å². The van der Waals surface area contributed by atoms with E-state index in [0.29, 0.717) is 27.8 Å². The summed E-state index contributed by atoms with van der Waals surface area (Å²) in [5.74, 6) is 0.0949. The number of hydrogen-bond acceptors (Lipinski definition) is 3. The van der Waals surface area contributed by atoms with E-state index in [-0.39, 0.29) is 10.6 Å². The van der Waals surface area contributed by atoms with Crippen molar-refractivity contribution in [1.29, 1.82) is 0 Å². The predicted molar refractivity (Wildman–Crippen MR) is 159 cm³/mol. The Kier molecular flexibility index (Phi) is 6.12. The van der Waals surface area contributed by atoms with Crippen LogP contribution in [0.5, 0.6) is 5.75 Å². The fraction of sp³-hybridized carbons (Fsp3) is 0.0909. The minimum atomic E-state index is -4.11. The number of aromatic hydroxyl groups is 1. The predicted octanol–water partition coefficient (Wildman–Crippen LogP) is 8.09.